The number of rotatable bonds is 10. The van der Waals surface area contributed by atoms with E-state index in [-0.39, 0.29) is 5.12 Å². The van der Waals surface area contributed by atoms with Crippen molar-refractivity contribution in [3.05, 3.63) is 60.2 Å². The maximum absolute atomic E-state index is 10.9. The molecule has 4 heteroatoms. The zero-order valence-electron chi connectivity index (χ0n) is 15.4. The number of carbonyl (C=O) groups is 1. The van der Waals surface area contributed by atoms with E-state index in [1.165, 1.54) is 42.4 Å². The monoisotopic (exact) mass is 357 g/mol. The molecular weight excluding hydrogens is 328 g/mol. The number of aryl methyl sites for hydroxylation is 1. The number of imidazole rings is 1. The lowest BCUT2D eigenvalue weighted by Gasteiger charge is -2.03. The molecule has 2 rings (SSSR count). The van der Waals surface area contributed by atoms with Gasteiger partial charge in [0, 0.05) is 19.6 Å². The molecule has 0 unspecified atom stereocenters. The number of nitrogens with zero attached hydrogens (tertiary/aromatic N) is 2. The molecule has 1 aromatic heterocycles. The number of thioether (sulfide) groups is 1. The molecule has 0 aliphatic heterocycles. The van der Waals surface area contributed by atoms with Gasteiger partial charge in [-0.3, -0.25) is 4.79 Å². The lowest BCUT2D eigenvalue weighted by Crippen LogP contribution is -2.36. The van der Waals surface area contributed by atoms with Gasteiger partial charge >= 0.3 is 0 Å². The van der Waals surface area contributed by atoms with Crippen LogP contribution < -0.4 is 4.57 Å². The molecule has 0 saturated heterocycles. The SMILES string of the molecule is C=Cc1ccc(C[n+]2ccn(CCCCCCSC(C)=O)c2C)cc1. The van der Waals surface area contributed by atoms with Crippen LogP contribution >= 0.6 is 11.8 Å². The van der Waals surface area contributed by atoms with Gasteiger partial charge < -0.3 is 0 Å². The second kappa shape index (κ2) is 10.2. The van der Waals surface area contributed by atoms with Crippen molar-refractivity contribution in [1.82, 2.24) is 4.57 Å². The number of aromatic nitrogens is 2. The summed E-state index contributed by atoms with van der Waals surface area (Å²) in [5.41, 5.74) is 2.46. The highest BCUT2D eigenvalue weighted by Gasteiger charge is 2.12. The molecule has 1 heterocycles. The zero-order valence-corrected chi connectivity index (χ0v) is 16.2. The topological polar surface area (TPSA) is 25.9 Å². The van der Waals surface area contributed by atoms with Crippen LogP contribution in [0.5, 0.6) is 0 Å². The Kier molecular flexibility index (Phi) is 7.99. The highest BCUT2D eigenvalue weighted by Crippen LogP contribution is 2.10. The molecule has 0 amide bonds. The molecule has 0 bridgehead atoms. The van der Waals surface area contributed by atoms with Gasteiger partial charge in [0.2, 0.25) is 0 Å². The first-order valence-electron chi connectivity index (χ1n) is 9.00. The molecule has 2 aromatic rings. The van der Waals surface area contributed by atoms with E-state index < -0.39 is 0 Å². The summed E-state index contributed by atoms with van der Waals surface area (Å²) < 4.78 is 4.63. The number of hydrogen-bond acceptors (Lipinski definition) is 2. The predicted octanol–water partition coefficient (Wildman–Crippen LogP) is 4.62. The summed E-state index contributed by atoms with van der Waals surface area (Å²) in [5, 5.41) is 0.228. The van der Waals surface area contributed by atoms with Gasteiger partial charge in [-0.25, -0.2) is 9.13 Å². The van der Waals surface area contributed by atoms with Gasteiger partial charge in [0.05, 0.1) is 6.54 Å². The van der Waals surface area contributed by atoms with Gasteiger partial charge in [0.25, 0.3) is 5.82 Å². The fraction of sp³-hybridized carbons (Fsp3) is 0.429. The molecule has 0 aliphatic rings. The Bertz CT molecular complexity index is 688. The Balaban J connectivity index is 1.76. The second-order valence-electron chi connectivity index (χ2n) is 6.37. The van der Waals surface area contributed by atoms with E-state index in [2.05, 4.69) is 59.3 Å². The van der Waals surface area contributed by atoms with Crippen LogP contribution in [0.1, 0.15) is 49.6 Å². The highest BCUT2D eigenvalue weighted by atomic mass is 32.2. The van der Waals surface area contributed by atoms with Crippen molar-refractivity contribution in [3.8, 4) is 0 Å². The molecule has 0 radical (unpaired) electrons. The summed E-state index contributed by atoms with van der Waals surface area (Å²) in [5.74, 6) is 2.25. The van der Waals surface area contributed by atoms with Gasteiger partial charge in [-0.2, -0.15) is 0 Å². The largest absolute Gasteiger partial charge is 0.288 e. The van der Waals surface area contributed by atoms with Crippen molar-refractivity contribution in [2.75, 3.05) is 5.75 Å². The lowest BCUT2D eigenvalue weighted by molar-refractivity contribution is -0.694. The summed E-state index contributed by atoms with van der Waals surface area (Å²) >= 11 is 1.44. The van der Waals surface area contributed by atoms with Gasteiger partial charge in [0.15, 0.2) is 5.12 Å². The third-order valence-corrected chi connectivity index (χ3v) is 5.32. The van der Waals surface area contributed by atoms with Crippen LogP contribution in [0, 0.1) is 6.92 Å². The van der Waals surface area contributed by atoms with Gasteiger partial charge in [-0.15, -0.1) is 0 Å². The minimum absolute atomic E-state index is 0.228. The number of benzene rings is 1. The van der Waals surface area contributed by atoms with Crippen LogP contribution in [0.4, 0.5) is 0 Å². The first kappa shape index (κ1) is 19.5. The highest BCUT2D eigenvalue weighted by molar-refractivity contribution is 8.13. The average molecular weight is 358 g/mol. The minimum atomic E-state index is 0.228. The van der Waals surface area contributed by atoms with Crippen molar-refractivity contribution in [2.45, 2.75) is 52.6 Å². The molecule has 25 heavy (non-hydrogen) atoms. The van der Waals surface area contributed by atoms with E-state index in [4.69, 9.17) is 0 Å². The third-order valence-electron chi connectivity index (χ3n) is 4.42. The van der Waals surface area contributed by atoms with Crippen LogP contribution in [0.2, 0.25) is 0 Å². The molecule has 0 atom stereocenters. The number of unbranched alkanes of at least 4 members (excludes halogenated alkanes) is 3. The van der Waals surface area contributed by atoms with Crippen molar-refractivity contribution in [1.29, 1.82) is 0 Å². The molecule has 1 aromatic carbocycles. The first-order chi connectivity index (χ1) is 12.1. The lowest BCUT2D eigenvalue weighted by atomic mass is 10.1. The van der Waals surface area contributed by atoms with Crippen LogP contribution in [0.25, 0.3) is 6.08 Å². The Morgan fingerprint density at radius 3 is 2.60 bits per heavy atom. The van der Waals surface area contributed by atoms with Crippen molar-refractivity contribution >= 4 is 23.0 Å². The molecule has 3 nitrogen and oxygen atoms in total. The fourth-order valence-corrected chi connectivity index (χ4v) is 3.49. The normalized spacial score (nSPS) is 10.8. The van der Waals surface area contributed by atoms with Crippen molar-refractivity contribution < 1.29 is 9.36 Å². The Morgan fingerprint density at radius 2 is 1.92 bits per heavy atom. The first-order valence-corrected chi connectivity index (χ1v) is 9.98. The van der Waals surface area contributed by atoms with E-state index in [9.17, 15) is 4.79 Å². The quantitative estimate of drug-likeness (QED) is 0.458. The van der Waals surface area contributed by atoms with E-state index in [0.717, 1.165) is 30.8 Å². The molecule has 134 valence electrons. The molecule has 0 spiro atoms. The summed E-state index contributed by atoms with van der Waals surface area (Å²) in [7, 11) is 0. The number of carbonyl (C=O) groups excluding carboxylic acids is 1. The Labute approximate surface area is 155 Å². The van der Waals surface area contributed by atoms with Gasteiger partial charge in [-0.05, 0) is 30.4 Å². The van der Waals surface area contributed by atoms with E-state index >= 15 is 0 Å². The molecule has 0 fully saturated rings. The zero-order chi connectivity index (χ0) is 18.1. The average Bonchev–Trinajstić information content (AvgIpc) is 2.94. The van der Waals surface area contributed by atoms with E-state index in [1.807, 2.05) is 6.08 Å². The molecule has 0 aliphatic carbocycles. The smallest absolute Gasteiger partial charge is 0.253 e. The summed E-state index contributed by atoms with van der Waals surface area (Å²) in [4.78, 5) is 10.9. The molecular formula is C21H29N2OS+. The fourth-order valence-electron chi connectivity index (χ4n) is 2.85. The Hall–Kier alpha value is -1.81. The van der Waals surface area contributed by atoms with Crippen LogP contribution in [0.15, 0.2) is 43.2 Å². The third kappa shape index (κ3) is 6.54. The molecule has 0 saturated carbocycles. The minimum Gasteiger partial charge on any atom is -0.288 e. The van der Waals surface area contributed by atoms with Crippen LogP contribution in [-0.4, -0.2) is 15.4 Å². The number of hydrogen-bond donors (Lipinski definition) is 0. The van der Waals surface area contributed by atoms with Crippen LogP contribution in [-0.2, 0) is 17.9 Å². The predicted molar refractivity (Wildman–Crippen MR) is 107 cm³/mol. The van der Waals surface area contributed by atoms with Crippen molar-refractivity contribution in [3.63, 3.8) is 0 Å². The molecule has 0 N–H and O–H groups in total. The standard InChI is InChI=1S/C21H29N2OS/c1-4-20-9-11-21(12-10-20)17-23-15-14-22(18(23)2)13-7-5-6-8-16-25-19(3)24/h4,9-12,14-15H,1,5-8,13,16-17H2,2-3H3/q+1. The maximum atomic E-state index is 10.9. The maximum Gasteiger partial charge on any atom is 0.253 e. The van der Waals surface area contributed by atoms with E-state index in [0.29, 0.717) is 0 Å². The van der Waals surface area contributed by atoms with Gasteiger partial charge in [0.1, 0.15) is 18.9 Å². The Morgan fingerprint density at radius 1 is 1.20 bits per heavy atom. The van der Waals surface area contributed by atoms with E-state index in [1.54, 1.807) is 6.92 Å². The second-order valence-corrected chi connectivity index (χ2v) is 7.64. The summed E-state index contributed by atoms with van der Waals surface area (Å²) in [6.45, 7) is 9.59. The summed E-state index contributed by atoms with van der Waals surface area (Å²) in [6.07, 6.45) is 11.0. The van der Waals surface area contributed by atoms with Gasteiger partial charge in [-0.1, -0.05) is 55.1 Å². The van der Waals surface area contributed by atoms with Crippen molar-refractivity contribution in [2.24, 2.45) is 0 Å². The van der Waals surface area contributed by atoms with Crippen LogP contribution in [0.3, 0.4) is 0 Å². The summed E-state index contributed by atoms with van der Waals surface area (Å²) in [6, 6.07) is 8.55.